The molecule has 0 spiro atoms. The van der Waals surface area contributed by atoms with E-state index < -0.39 is 12.0 Å². The first-order valence-electron chi connectivity index (χ1n) is 14.5. The minimum absolute atomic E-state index is 0.177. The summed E-state index contributed by atoms with van der Waals surface area (Å²) in [7, 11) is 1.59. The second-order valence-electron chi connectivity index (χ2n) is 10.3. The number of hydrogen-bond acceptors (Lipinski definition) is 7. The molecule has 1 atom stereocenters. The van der Waals surface area contributed by atoms with Crippen LogP contribution >= 0.6 is 34.5 Å². The van der Waals surface area contributed by atoms with Crippen LogP contribution in [0.2, 0.25) is 10.0 Å². The van der Waals surface area contributed by atoms with Crippen molar-refractivity contribution >= 4 is 52.3 Å². The van der Waals surface area contributed by atoms with Crippen molar-refractivity contribution in [3.8, 4) is 11.5 Å². The Morgan fingerprint density at radius 2 is 1.67 bits per heavy atom. The molecular formula is C36H28Cl2N2O5S. The number of carbonyl (C=O) groups is 1. The molecule has 0 aliphatic carbocycles. The van der Waals surface area contributed by atoms with Crippen molar-refractivity contribution in [2.24, 2.45) is 4.99 Å². The van der Waals surface area contributed by atoms with E-state index in [2.05, 4.69) is 0 Å². The maximum Gasteiger partial charge on any atom is 0.338 e. The maximum absolute atomic E-state index is 14.1. The standard InChI is InChI=1S/C36H28Cl2N2O5S/c1-3-44-35(42)31-32(23-7-5-4-6-8-23)39-36-40(33(31)24-12-17-27(43-2)18-13-24)34(41)30(46-36)19-22-9-15-28(16-10-22)45-21-25-11-14-26(37)20-29(25)38/h4-20,33H,3,21H2,1-2H3/b30-19-/t33-/m1/s1. The van der Waals surface area contributed by atoms with Gasteiger partial charge in [-0.3, -0.25) is 9.36 Å². The third-order valence-electron chi connectivity index (χ3n) is 7.39. The third kappa shape index (κ3) is 6.51. The highest BCUT2D eigenvalue weighted by Gasteiger charge is 2.35. The number of hydrogen-bond donors (Lipinski definition) is 0. The second-order valence-corrected chi connectivity index (χ2v) is 12.2. The Morgan fingerprint density at radius 3 is 2.35 bits per heavy atom. The van der Waals surface area contributed by atoms with Gasteiger partial charge < -0.3 is 14.2 Å². The summed E-state index contributed by atoms with van der Waals surface area (Å²) in [5.74, 6) is 0.774. The summed E-state index contributed by atoms with van der Waals surface area (Å²) in [5.41, 5.74) is 3.58. The van der Waals surface area contributed by atoms with Gasteiger partial charge in [-0.15, -0.1) is 0 Å². The number of ether oxygens (including phenoxy) is 3. The summed E-state index contributed by atoms with van der Waals surface area (Å²) in [5, 5.41) is 1.10. The average Bonchev–Trinajstić information content (AvgIpc) is 3.38. The van der Waals surface area contributed by atoms with E-state index in [0.717, 1.165) is 22.3 Å². The molecule has 5 aromatic rings. The smallest absolute Gasteiger partial charge is 0.338 e. The number of benzene rings is 4. The van der Waals surface area contributed by atoms with E-state index in [1.54, 1.807) is 42.9 Å². The highest BCUT2D eigenvalue weighted by Crippen LogP contribution is 2.35. The Kier molecular flexibility index (Phi) is 9.40. The summed E-state index contributed by atoms with van der Waals surface area (Å²) in [4.78, 5) is 33.1. The zero-order valence-corrected chi connectivity index (χ0v) is 27.2. The first kappa shape index (κ1) is 31.4. The largest absolute Gasteiger partial charge is 0.497 e. The molecule has 0 saturated carbocycles. The van der Waals surface area contributed by atoms with Crippen LogP contribution in [0.4, 0.5) is 0 Å². The van der Waals surface area contributed by atoms with Crippen molar-refractivity contribution in [1.29, 1.82) is 0 Å². The molecule has 4 aromatic carbocycles. The van der Waals surface area contributed by atoms with Crippen LogP contribution in [0.5, 0.6) is 11.5 Å². The number of esters is 1. The van der Waals surface area contributed by atoms with Gasteiger partial charge in [-0.05, 0) is 60.5 Å². The van der Waals surface area contributed by atoms with Crippen LogP contribution in [0.3, 0.4) is 0 Å². The SMILES string of the molecule is CCOC(=O)C1=C(c2ccccc2)N=c2s/c(=C\c3ccc(OCc4ccc(Cl)cc4Cl)cc3)c(=O)n2[C@@H]1c1ccc(OC)cc1. The van der Waals surface area contributed by atoms with E-state index in [-0.39, 0.29) is 18.8 Å². The summed E-state index contributed by atoms with van der Waals surface area (Å²) in [6.45, 7) is 2.21. The van der Waals surface area contributed by atoms with E-state index in [9.17, 15) is 9.59 Å². The van der Waals surface area contributed by atoms with Gasteiger partial charge in [-0.25, -0.2) is 9.79 Å². The molecule has 7 nitrogen and oxygen atoms in total. The lowest BCUT2D eigenvalue weighted by molar-refractivity contribution is -0.138. The second kappa shape index (κ2) is 13.8. The monoisotopic (exact) mass is 670 g/mol. The average molecular weight is 672 g/mol. The van der Waals surface area contributed by atoms with Crippen molar-refractivity contribution < 1.29 is 19.0 Å². The number of nitrogens with zero attached hydrogens (tertiary/aromatic N) is 2. The Balaban J connectivity index is 1.42. The lowest BCUT2D eigenvalue weighted by atomic mass is 9.93. The van der Waals surface area contributed by atoms with Crippen LogP contribution in [0.1, 0.15) is 35.2 Å². The van der Waals surface area contributed by atoms with E-state index in [0.29, 0.717) is 42.1 Å². The first-order chi connectivity index (χ1) is 22.4. The van der Waals surface area contributed by atoms with Crippen molar-refractivity contribution in [2.75, 3.05) is 13.7 Å². The van der Waals surface area contributed by atoms with Crippen LogP contribution in [-0.4, -0.2) is 24.3 Å². The Hall–Kier alpha value is -4.63. The Morgan fingerprint density at radius 1 is 0.957 bits per heavy atom. The van der Waals surface area contributed by atoms with Crippen molar-refractivity contribution in [2.45, 2.75) is 19.6 Å². The number of aromatic nitrogens is 1. The summed E-state index contributed by atoms with van der Waals surface area (Å²) in [6, 6.07) is 28.7. The minimum Gasteiger partial charge on any atom is -0.497 e. The fourth-order valence-electron chi connectivity index (χ4n) is 5.15. The van der Waals surface area contributed by atoms with Gasteiger partial charge >= 0.3 is 5.97 Å². The molecule has 0 unspecified atom stereocenters. The molecule has 6 rings (SSSR count). The number of halogens is 2. The van der Waals surface area contributed by atoms with Crippen LogP contribution in [0.15, 0.2) is 112 Å². The number of methoxy groups -OCH3 is 1. The molecule has 232 valence electrons. The molecule has 1 aliphatic rings. The molecule has 1 aromatic heterocycles. The molecule has 10 heteroatoms. The number of fused-ring (bicyclic) bond motifs is 1. The Bertz CT molecular complexity index is 2110. The van der Waals surface area contributed by atoms with Crippen molar-refractivity contribution in [3.05, 3.63) is 155 Å². The van der Waals surface area contributed by atoms with Crippen LogP contribution in [-0.2, 0) is 16.1 Å². The lowest BCUT2D eigenvalue weighted by Crippen LogP contribution is -2.40. The molecule has 0 saturated heterocycles. The van der Waals surface area contributed by atoms with Gasteiger partial charge in [-0.1, -0.05) is 95.2 Å². The maximum atomic E-state index is 14.1. The minimum atomic E-state index is -0.769. The molecule has 0 bridgehead atoms. The quantitative estimate of drug-likeness (QED) is 0.161. The summed E-state index contributed by atoms with van der Waals surface area (Å²) in [6.07, 6.45) is 1.81. The highest BCUT2D eigenvalue weighted by molar-refractivity contribution is 7.07. The van der Waals surface area contributed by atoms with Crippen molar-refractivity contribution in [3.63, 3.8) is 0 Å². The van der Waals surface area contributed by atoms with Gasteiger partial charge in [0.15, 0.2) is 4.80 Å². The predicted octanol–water partition coefficient (Wildman–Crippen LogP) is 6.83. The zero-order valence-electron chi connectivity index (χ0n) is 24.9. The fraction of sp³-hybridized carbons (Fsp3) is 0.139. The van der Waals surface area contributed by atoms with E-state index >= 15 is 0 Å². The van der Waals surface area contributed by atoms with Gasteiger partial charge in [0.1, 0.15) is 18.1 Å². The first-order valence-corrected chi connectivity index (χ1v) is 16.0. The Labute approximate surface area is 279 Å². The fourth-order valence-corrected chi connectivity index (χ4v) is 6.62. The third-order valence-corrected chi connectivity index (χ3v) is 8.96. The number of carbonyl (C=O) groups excluding carboxylic acids is 1. The molecule has 1 aliphatic heterocycles. The molecule has 46 heavy (non-hydrogen) atoms. The van der Waals surface area contributed by atoms with Crippen LogP contribution in [0, 0.1) is 0 Å². The molecule has 0 radical (unpaired) electrons. The molecular weight excluding hydrogens is 643 g/mol. The van der Waals surface area contributed by atoms with Gasteiger partial charge in [0.25, 0.3) is 5.56 Å². The van der Waals surface area contributed by atoms with Gasteiger partial charge in [0.2, 0.25) is 0 Å². The molecule has 0 N–H and O–H groups in total. The van der Waals surface area contributed by atoms with Crippen LogP contribution in [0.25, 0.3) is 11.8 Å². The summed E-state index contributed by atoms with van der Waals surface area (Å²) >= 11 is 13.5. The summed E-state index contributed by atoms with van der Waals surface area (Å²) < 4.78 is 18.9. The number of thiazole rings is 1. The molecule has 0 amide bonds. The lowest BCUT2D eigenvalue weighted by Gasteiger charge is -2.26. The van der Waals surface area contributed by atoms with Crippen LogP contribution < -0.4 is 24.4 Å². The zero-order chi connectivity index (χ0) is 32.2. The van der Waals surface area contributed by atoms with E-state index in [1.165, 1.54) is 11.3 Å². The highest BCUT2D eigenvalue weighted by atomic mass is 35.5. The molecule has 2 heterocycles. The van der Waals surface area contributed by atoms with Gasteiger partial charge in [0.05, 0.1) is 35.6 Å². The van der Waals surface area contributed by atoms with Gasteiger partial charge in [0, 0.05) is 21.2 Å². The van der Waals surface area contributed by atoms with E-state index in [1.807, 2.05) is 78.9 Å². The predicted molar refractivity (Wildman–Crippen MR) is 181 cm³/mol. The van der Waals surface area contributed by atoms with Crippen molar-refractivity contribution in [1.82, 2.24) is 4.57 Å². The van der Waals surface area contributed by atoms with Gasteiger partial charge in [-0.2, -0.15) is 0 Å². The molecule has 0 fully saturated rings. The number of rotatable bonds is 9. The normalized spacial score (nSPS) is 14.4. The van der Waals surface area contributed by atoms with E-state index in [4.69, 9.17) is 42.4 Å². The topological polar surface area (TPSA) is 79.1 Å².